The van der Waals surface area contributed by atoms with E-state index < -0.39 is 5.97 Å². The zero-order valence-electron chi connectivity index (χ0n) is 8.49. The van der Waals surface area contributed by atoms with Crippen LogP contribution in [0.25, 0.3) is 0 Å². The van der Waals surface area contributed by atoms with Crippen molar-refractivity contribution in [2.75, 3.05) is 12.8 Å². The number of carboxylic acids is 1. The van der Waals surface area contributed by atoms with Crippen LogP contribution in [0.5, 0.6) is 5.75 Å². The van der Waals surface area contributed by atoms with Gasteiger partial charge in [0.25, 0.3) is 0 Å². The van der Waals surface area contributed by atoms with Gasteiger partial charge < -0.3 is 15.6 Å². The summed E-state index contributed by atoms with van der Waals surface area (Å²) in [6.07, 6.45) is 2.19. The fraction of sp³-hybridized carbons (Fsp3) is 0.364. The van der Waals surface area contributed by atoms with Gasteiger partial charge in [0.2, 0.25) is 0 Å². The first-order valence-corrected chi connectivity index (χ1v) is 4.84. The quantitative estimate of drug-likeness (QED) is 0.742. The number of methoxy groups -OCH3 is 1. The molecular weight excluding hydrogens is 194 g/mol. The first kappa shape index (κ1) is 9.83. The Balaban J connectivity index is 2.51. The third kappa shape index (κ3) is 1.75. The molecule has 1 aromatic rings. The molecule has 0 atom stereocenters. The van der Waals surface area contributed by atoms with Crippen molar-refractivity contribution in [3.05, 3.63) is 23.3 Å². The summed E-state index contributed by atoms with van der Waals surface area (Å²) in [7, 11) is 1.57. The molecule has 1 saturated carbocycles. The Hall–Kier alpha value is -1.71. The first-order chi connectivity index (χ1) is 7.13. The lowest BCUT2D eigenvalue weighted by Crippen LogP contribution is -2.04. The average Bonchev–Trinajstić information content (AvgIpc) is 3.00. The highest BCUT2D eigenvalue weighted by atomic mass is 16.5. The fourth-order valence-corrected chi connectivity index (χ4v) is 1.69. The summed E-state index contributed by atoms with van der Waals surface area (Å²) < 4.78 is 5.19. The number of nitrogen functional groups attached to an aromatic ring is 1. The Morgan fingerprint density at radius 2 is 2.20 bits per heavy atom. The standard InChI is InChI=1S/C11H13NO3/c1-15-10-5-9(12)8(11(13)14)4-7(10)6-2-3-6/h4-6H,2-3,12H2,1H3,(H,13,14). The van der Waals surface area contributed by atoms with Gasteiger partial charge in [0, 0.05) is 11.8 Å². The zero-order chi connectivity index (χ0) is 11.0. The molecule has 0 unspecified atom stereocenters. The highest BCUT2D eigenvalue weighted by Gasteiger charge is 2.28. The van der Waals surface area contributed by atoms with Crippen molar-refractivity contribution in [1.82, 2.24) is 0 Å². The number of rotatable bonds is 3. The molecule has 15 heavy (non-hydrogen) atoms. The van der Waals surface area contributed by atoms with Crippen LogP contribution in [0, 0.1) is 0 Å². The lowest BCUT2D eigenvalue weighted by Gasteiger charge is -2.10. The Morgan fingerprint density at radius 1 is 1.53 bits per heavy atom. The van der Waals surface area contributed by atoms with Crippen molar-refractivity contribution in [1.29, 1.82) is 0 Å². The van der Waals surface area contributed by atoms with E-state index >= 15 is 0 Å². The topological polar surface area (TPSA) is 72.5 Å². The van der Waals surface area contributed by atoms with E-state index in [2.05, 4.69) is 0 Å². The molecule has 2 rings (SSSR count). The van der Waals surface area contributed by atoms with Crippen LogP contribution in [0.4, 0.5) is 5.69 Å². The maximum Gasteiger partial charge on any atom is 0.337 e. The lowest BCUT2D eigenvalue weighted by atomic mass is 10.0. The predicted octanol–water partition coefficient (Wildman–Crippen LogP) is 1.85. The van der Waals surface area contributed by atoms with Crippen molar-refractivity contribution >= 4 is 11.7 Å². The predicted molar refractivity (Wildman–Crippen MR) is 56.3 cm³/mol. The molecule has 4 heteroatoms. The summed E-state index contributed by atoms with van der Waals surface area (Å²) >= 11 is 0. The number of hydrogen-bond acceptors (Lipinski definition) is 3. The molecule has 0 aromatic heterocycles. The van der Waals surface area contributed by atoms with Crippen LogP contribution in [-0.2, 0) is 0 Å². The van der Waals surface area contributed by atoms with Crippen LogP contribution < -0.4 is 10.5 Å². The molecule has 0 aliphatic heterocycles. The molecular formula is C11H13NO3. The van der Waals surface area contributed by atoms with E-state index in [1.807, 2.05) is 0 Å². The Labute approximate surface area is 87.7 Å². The van der Waals surface area contributed by atoms with E-state index in [1.54, 1.807) is 19.2 Å². The van der Waals surface area contributed by atoms with Gasteiger partial charge in [-0.05, 0) is 30.4 Å². The van der Waals surface area contributed by atoms with Gasteiger partial charge >= 0.3 is 5.97 Å². The van der Waals surface area contributed by atoms with Gasteiger partial charge in [-0.1, -0.05) is 0 Å². The Bertz CT molecular complexity index is 411. The lowest BCUT2D eigenvalue weighted by molar-refractivity contribution is 0.0698. The van der Waals surface area contributed by atoms with Crippen molar-refractivity contribution < 1.29 is 14.6 Å². The number of aromatic carboxylic acids is 1. The van der Waals surface area contributed by atoms with Crippen LogP contribution in [0.3, 0.4) is 0 Å². The Kier molecular flexibility index (Phi) is 2.26. The van der Waals surface area contributed by atoms with Gasteiger partial charge in [0.15, 0.2) is 0 Å². The van der Waals surface area contributed by atoms with Crippen LogP contribution in [0.1, 0.15) is 34.7 Å². The maximum atomic E-state index is 10.9. The minimum atomic E-state index is -0.989. The summed E-state index contributed by atoms with van der Waals surface area (Å²) in [6.45, 7) is 0. The smallest absolute Gasteiger partial charge is 0.337 e. The van der Waals surface area contributed by atoms with Gasteiger partial charge in [-0.3, -0.25) is 0 Å². The summed E-state index contributed by atoms with van der Waals surface area (Å²) in [6, 6.07) is 3.23. The molecule has 1 aliphatic rings. The zero-order valence-corrected chi connectivity index (χ0v) is 8.49. The molecule has 0 spiro atoms. The number of ether oxygens (including phenoxy) is 1. The second-order valence-electron chi connectivity index (χ2n) is 3.76. The second-order valence-corrected chi connectivity index (χ2v) is 3.76. The SMILES string of the molecule is COc1cc(N)c(C(=O)O)cc1C1CC1. The first-order valence-electron chi connectivity index (χ1n) is 4.84. The monoisotopic (exact) mass is 207 g/mol. The molecule has 0 saturated heterocycles. The van der Waals surface area contributed by atoms with Crippen molar-refractivity contribution in [3.8, 4) is 5.75 Å². The van der Waals surface area contributed by atoms with Crippen LogP contribution >= 0.6 is 0 Å². The molecule has 0 heterocycles. The van der Waals surface area contributed by atoms with Gasteiger partial charge in [-0.25, -0.2) is 4.79 Å². The molecule has 1 fully saturated rings. The van der Waals surface area contributed by atoms with Gasteiger partial charge in [0.05, 0.1) is 12.7 Å². The highest BCUT2D eigenvalue weighted by Crippen LogP contribution is 2.45. The van der Waals surface area contributed by atoms with Crippen molar-refractivity contribution in [3.63, 3.8) is 0 Å². The summed E-state index contributed by atoms with van der Waals surface area (Å²) in [5.41, 5.74) is 7.01. The molecule has 3 N–H and O–H groups in total. The molecule has 1 aromatic carbocycles. The third-order valence-electron chi connectivity index (χ3n) is 2.65. The highest BCUT2D eigenvalue weighted by molar-refractivity contribution is 5.94. The maximum absolute atomic E-state index is 10.9. The molecule has 0 bridgehead atoms. The van der Waals surface area contributed by atoms with E-state index in [-0.39, 0.29) is 11.3 Å². The van der Waals surface area contributed by atoms with E-state index in [1.165, 1.54) is 0 Å². The third-order valence-corrected chi connectivity index (χ3v) is 2.65. The number of nitrogens with two attached hydrogens (primary N) is 1. The Morgan fingerprint density at radius 3 is 2.67 bits per heavy atom. The van der Waals surface area contributed by atoms with E-state index in [4.69, 9.17) is 15.6 Å². The van der Waals surface area contributed by atoms with Crippen LogP contribution in [-0.4, -0.2) is 18.2 Å². The molecule has 0 radical (unpaired) electrons. The summed E-state index contributed by atoms with van der Waals surface area (Å²) in [5.74, 6) is 0.149. The van der Waals surface area contributed by atoms with Crippen molar-refractivity contribution in [2.24, 2.45) is 0 Å². The molecule has 4 nitrogen and oxygen atoms in total. The van der Waals surface area contributed by atoms with E-state index in [0.29, 0.717) is 11.7 Å². The number of anilines is 1. The van der Waals surface area contributed by atoms with Gasteiger partial charge in [0.1, 0.15) is 5.75 Å². The van der Waals surface area contributed by atoms with E-state index in [0.717, 1.165) is 18.4 Å². The van der Waals surface area contributed by atoms with Crippen molar-refractivity contribution in [2.45, 2.75) is 18.8 Å². The minimum absolute atomic E-state index is 0.165. The number of hydrogen-bond donors (Lipinski definition) is 2. The number of benzene rings is 1. The largest absolute Gasteiger partial charge is 0.496 e. The molecule has 1 aliphatic carbocycles. The second kappa shape index (κ2) is 3.46. The summed E-state index contributed by atoms with van der Waals surface area (Å²) in [4.78, 5) is 10.9. The molecule has 0 amide bonds. The van der Waals surface area contributed by atoms with E-state index in [9.17, 15) is 4.79 Å². The normalized spacial score (nSPS) is 15.0. The minimum Gasteiger partial charge on any atom is -0.496 e. The fourth-order valence-electron chi connectivity index (χ4n) is 1.69. The number of carboxylic acid groups (broad SMARTS) is 1. The summed E-state index contributed by atoms with van der Waals surface area (Å²) in [5, 5.41) is 8.94. The van der Waals surface area contributed by atoms with Gasteiger partial charge in [-0.15, -0.1) is 0 Å². The van der Waals surface area contributed by atoms with Gasteiger partial charge in [-0.2, -0.15) is 0 Å². The average molecular weight is 207 g/mol. The van der Waals surface area contributed by atoms with Crippen LogP contribution in [0.2, 0.25) is 0 Å². The molecule has 80 valence electrons. The van der Waals surface area contributed by atoms with Crippen LogP contribution in [0.15, 0.2) is 12.1 Å². The number of carbonyl (C=O) groups is 1.